The van der Waals surface area contributed by atoms with Crippen molar-refractivity contribution in [1.29, 1.82) is 0 Å². The van der Waals surface area contributed by atoms with Crippen LogP contribution in [0.25, 0.3) is 0 Å². The molecule has 0 heterocycles. The average molecular weight is 519 g/mol. The van der Waals surface area contributed by atoms with Crippen molar-refractivity contribution >= 4 is 23.1 Å². The first-order valence-corrected chi connectivity index (χ1v) is 14.0. The monoisotopic (exact) mass is 518 g/mol. The van der Waals surface area contributed by atoms with Crippen LogP contribution in [0.5, 0.6) is 0 Å². The van der Waals surface area contributed by atoms with Crippen molar-refractivity contribution in [2.75, 3.05) is 0 Å². The molecule has 5 aliphatic carbocycles. The Kier molecular flexibility index (Phi) is 5.60. The molecule has 5 nitrogen and oxygen atoms in total. The van der Waals surface area contributed by atoms with E-state index < -0.39 is 50.0 Å². The van der Waals surface area contributed by atoms with Gasteiger partial charge in [0.25, 0.3) is 0 Å². The van der Waals surface area contributed by atoms with Crippen molar-refractivity contribution in [3.8, 4) is 0 Å². The fourth-order valence-electron chi connectivity index (χ4n) is 9.57. The van der Waals surface area contributed by atoms with Crippen LogP contribution in [0.2, 0.25) is 0 Å². The third kappa shape index (κ3) is 2.92. The predicted octanol–water partition coefficient (Wildman–Crippen LogP) is 5.79. The van der Waals surface area contributed by atoms with Gasteiger partial charge in [0.2, 0.25) is 0 Å². The Morgan fingerprint density at radius 3 is 2.13 bits per heavy atom. The van der Waals surface area contributed by atoms with Crippen molar-refractivity contribution in [2.24, 2.45) is 44.8 Å². The molecule has 6 atom stereocenters. The Labute approximate surface area is 226 Å². The lowest BCUT2D eigenvalue weighted by Crippen LogP contribution is -2.75. The molecular weight excluding hydrogens is 476 g/mol. The highest BCUT2D eigenvalue weighted by atomic mass is 16.3. The molecule has 1 aromatic rings. The minimum atomic E-state index is -1.94. The van der Waals surface area contributed by atoms with Gasteiger partial charge in [-0.1, -0.05) is 69.7 Å². The zero-order chi connectivity index (χ0) is 28.3. The Morgan fingerprint density at radius 2 is 1.58 bits per heavy atom. The molecule has 6 rings (SSSR count). The number of carbonyl (C=O) groups is 4. The number of allylic oxidation sites excluding steroid dienone is 2. The van der Waals surface area contributed by atoms with Crippen LogP contribution in [0.1, 0.15) is 91.4 Å². The maximum Gasteiger partial charge on any atom is 0.184 e. The second-order valence-electron chi connectivity index (χ2n) is 14.6. The summed E-state index contributed by atoms with van der Waals surface area (Å²) < 4.78 is 0. The molecule has 0 aliphatic heterocycles. The Bertz CT molecular complexity index is 1270. The maximum absolute atomic E-state index is 15.3. The SMILES string of the molecule is CC(C)=CC[C@]12C[C@@H]3C[C@@H]4C(C)(C)[C@H](C(C)(C)O)C[C@]4(C1=O)C(=O)[C@@](C(=O)c1ccccc1)(C2=O)C3(C)C. The molecule has 5 aliphatic rings. The standard InChI is InChI=1S/C33H42O5/c1-19(2)14-15-31-17-21-16-22-28(3,4)23(30(7,8)38)18-32(22,25(31)35)27(37)33(26(31)36,29(21,5)6)24(34)20-12-10-9-11-13-20/h9-14,21-23,38H,15-18H2,1-8H3/t21-,22+,23+,31-,32-,33+/m0/s1. The average Bonchev–Trinajstić information content (AvgIpc) is 2.98. The number of Topliss-reactive ketones (excluding diaryl/α,β-unsaturated/α-hetero) is 4. The summed E-state index contributed by atoms with van der Waals surface area (Å²) in [5.74, 6) is -2.64. The molecule has 5 fully saturated rings. The van der Waals surface area contributed by atoms with Crippen molar-refractivity contribution in [3.63, 3.8) is 0 Å². The quantitative estimate of drug-likeness (QED) is 0.303. The van der Waals surface area contributed by atoms with E-state index in [0.29, 0.717) is 18.4 Å². The topological polar surface area (TPSA) is 88.5 Å². The van der Waals surface area contributed by atoms with Crippen LogP contribution >= 0.6 is 0 Å². The first kappa shape index (κ1) is 27.2. The molecule has 5 saturated carbocycles. The molecule has 0 saturated heterocycles. The molecule has 1 N–H and O–H groups in total. The van der Waals surface area contributed by atoms with Gasteiger partial charge in [-0.2, -0.15) is 0 Å². The number of benzene rings is 1. The van der Waals surface area contributed by atoms with E-state index in [1.807, 2.05) is 33.8 Å². The van der Waals surface area contributed by atoms with Gasteiger partial charge in [-0.15, -0.1) is 0 Å². The summed E-state index contributed by atoms with van der Waals surface area (Å²) in [6.45, 7) is 15.3. The molecule has 38 heavy (non-hydrogen) atoms. The lowest BCUT2D eigenvalue weighted by atomic mass is 9.37. The van der Waals surface area contributed by atoms with Gasteiger partial charge in [0.05, 0.1) is 16.4 Å². The molecule has 0 radical (unpaired) electrons. The van der Waals surface area contributed by atoms with Gasteiger partial charge in [0.1, 0.15) is 0 Å². The van der Waals surface area contributed by atoms with Gasteiger partial charge < -0.3 is 5.11 Å². The van der Waals surface area contributed by atoms with Crippen LogP contribution in [-0.2, 0) is 14.4 Å². The normalized spacial score (nSPS) is 38.7. The summed E-state index contributed by atoms with van der Waals surface area (Å²) in [4.78, 5) is 59.8. The van der Waals surface area contributed by atoms with Crippen LogP contribution in [-0.4, -0.2) is 33.8 Å². The van der Waals surface area contributed by atoms with Crippen LogP contribution in [0.3, 0.4) is 0 Å². The number of ketones is 4. The molecule has 0 amide bonds. The minimum absolute atomic E-state index is 0.169. The van der Waals surface area contributed by atoms with Gasteiger partial charge >= 0.3 is 0 Å². The van der Waals surface area contributed by atoms with Gasteiger partial charge in [-0.05, 0) is 82.0 Å². The zero-order valence-corrected chi connectivity index (χ0v) is 24.1. The largest absolute Gasteiger partial charge is 0.390 e. The van der Waals surface area contributed by atoms with Gasteiger partial charge in [0, 0.05) is 5.56 Å². The van der Waals surface area contributed by atoms with E-state index in [9.17, 15) is 19.5 Å². The van der Waals surface area contributed by atoms with Crippen LogP contribution in [0.15, 0.2) is 42.0 Å². The summed E-state index contributed by atoms with van der Waals surface area (Å²) in [5.41, 5.74) is -6.16. The molecular formula is C33H42O5. The van der Waals surface area contributed by atoms with E-state index in [0.717, 1.165) is 5.57 Å². The third-order valence-corrected chi connectivity index (χ3v) is 11.5. The molecule has 0 unspecified atom stereocenters. The zero-order valence-electron chi connectivity index (χ0n) is 24.1. The lowest BCUT2D eigenvalue weighted by molar-refractivity contribution is -0.181. The number of rotatable bonds is 5. The summed E-state index contributed by atoms with van der Waals surface area (Å²) in [5, 5.41) is 11.3. The van der Waals surface area contributed by atoms with E-state index in [-0.39, 0.29) is 36.4 Å². The maximum atomic E-state index is 15.3. The van der Waals surface area contributed by atoms with Crippen molar-refractivity contribution in [2.45, 2.75) is 86.7 Å². The molecule has 204 valence electrons. The summed E-state index contributed by atoms with van der Waals surface area (Å²) in [6.07, 6.45) is 3.25. The summed E-state index contributed by atoms with van der Waals surface area (Å²) in [6, 6.07) is 8.65. The van der Waals surface area contributed by atoms with Crippen LogP contribution in [0, 0.1) is 44.8 Å². The summed E-state index contributed by atoms with van der Waals surface area (Å²) >= 11 is 0. The smallest absolute Gasteiger partial charge is 0.184 e. The second kappa shape index (κ2) is 7.84. The number of hydrogen-bond donors (Lipinski definition) is 1. The fourth-order valence-corrected chi connectivity index (χ4v) is 9.57. The number of carbonyl (C=O) groups excluding carboxylic acids is 4. The Balaban J connectivity index is 1.89. The van der Waals surface area contributed by atoms with E-state index >= 15 is 4.79 Å². The minimum Gasteiger partial charge on any atom is -0.390 e. The molecule has 0 aromatic heterocycles. The highest BCUT2D eigenvalue weighted by Gasteiger charge is 2.86. The third-order valence-electron chi connectivity index (χ3n) is 11.5. The fraction of sp³-hybridized carbons (Fsp3) is 0.636. The van der Waals surface area contributed by atoms with Gasteiger partial charge in [-0.3, -0.25) is 19.2 Å². The Morgan fingerprint density at radius 1 is 0.974 bits per heavy atom. The number of hydrogen-bond acceptors (Lipinski definition) is 5. The molecule has 4 bridgehead atoms. The van der Waals surface area contributed by atoms with Gasteiger partial charge in [-0.25, -0.2) is 0 Å². The molecule has 1 aromatic carbocycles. The van der Waals surface area contributed by atoms with Crippen molar-refractivity contribution < 1.29 is 24.3 Å². The highest BCUT2D eigenvalue weighted by molar-refractivity contribution is 6.42. The summed E-state index contributed by atoms with van der Waals surface area (Å²) in [7, 11) is 0. The predicted molar refractivity (Wildman–Crippen MR) is 145 cm³/mol. The van der Waals surface area contributed by atoms with E-state index in [4.69, 9.17) is 0 Å². The lowest BCUT2D eigenvalue weighted by Gasteiger charge is -2.60. The van der Waals surface area contributed by atoms with Gasteiger partial charge in [0.15, 0.2) is 28.5 Å². The van der Waals surface area contributed by atoms with Crippen LogP contribution in [0.4, 0.5) is 0 Å². The van der Waals surface area contributed by atoms with E-state index in [1.165, 1.54) is 0 Å². The van der Waals surface area contributed by atoms with E-state index in [1.54, 1.807) is 44.2 Å². The highest BCUT2D eigenvalue weighted by Crippen LogP contribution is 2.77. The van der Waals surface area contributed by atoms with E-state index in [2.05, 4.69) is 13.8 Å². The van der Waals surface area contributed by atoms with Crippen LogP contribution < -0.4 is 0 Å². The Hall–Kier alpha value is -2.40. The van der Waals surface area contributed by atoms with Crippen molar-refractivity contribution in [1.82, 2.24) is 0 Å². The molecule has 5 heteroatoms. The second-order valence-corrected chi connectivity index (χ2v) is 14.6. The van der Waals surface area contributed by atoms with Crippen molar-refractivity contribution in [3.05, 3.63) is 47.5 Å². The first-order valence-electron chi connectivity index (χ1n) is 14.0. The first-order chi connectivity index (χ1) is 17.4. The number of aliphatic hydroxyl groups is 1. The molecule has 1 spiro atoms.